The van der Waals surface area contributed by atoms with E-state index in [1.165, 1.54) is 6.33 Å². The normalized spacial score (nSPS) is 19.6. The summed E-state index contributed by atoms with van der Waals surface area (Å²) in [5.74, 6) is 1.39. The first-order chi connectivity index (χ1) is 11.3. The van der Waals surface area contributed by atoms with E-state index in [2.05, 4.69) is 14.9 Å². The van der Waals surface area contributed by atoms with Crippen LogP contribution in [-0.2, 0) is 4.74 Å². The second-order valence-electron chi connectivity index (χ2n) is 5.34. The smallest absolute Gasteiger partial charge is 0.218 e. The fraction of sp³-hybridized carbons (Fsp3) is 0.500. The molecule has 1 saturated heterocycles. The summed E-state index contributed by atoms with van der Waals surface area (Å²) < 4.78 is 11.1. The Hall–Kier alpha value is -1.70. The molecule has 0 bridgehead atoms. The molecule has 0 spiro atoms. The van der Waals surface area contributed by atoms with Crippen LogP contribution in [0.15, 0.2) is 29.9 Å². The van der Waals surface area contributed by atoms with Gasteiger partial charge in [-0.25, -0.2) is 9.97 Å². The average Bonchev–Trinajstić information content (AvgIpc) is 3.11. The third-order valence-electron chi connectivity index (χ3n) is 3.81. The molecular formula is C16H21N3O3S. The van der Waals surface area contributed by atoms with Crippen molar-refractivity contribution >= 4 is 17.2 Å². The Bertz CT molecular complexity index is 608. The van der Waals surface area contributed by atoms with Crippen molar-refractivity contribution in [3.63, 3.8) is 0 Å². The van der Waals surface area contributed by atoms with Crippen LogP contribution in [0.3, 0.4) is 0 Å². The summed E-state index contributed by atoms with van der Waals surface area (Å²) in [7, 11) is 0. The molecule has 0 aromatic carbocycles. The second kappa shape index (κ2) is 7.72. The molecule has 0 saturated carbocycles. The maximum atomic E-state index is 10.4. The zero-order valence-electron chi connectivity index (χ0n) is 13.1. The quantitative estimate of drug-likeness (QED) is 0.873. The number of anilines is 1. The lowest BCUT2D eigenvalue weighted by Gasteiger charge is -2.37. The molecular weight excluding hydrogens is 314 g/mol. The van der Waals surface area contributed by atoms with Crippen molar-refractivity contribution in [2.45, 2.75) is 25.5 Å². The Morgan fingerprint density at radius 1 is 1.52 bits per heavy atom. The molecule has 3 rings (SSSR count). The Balaban J connectivity index is 1.74. The third-order valence-corrected chi connectivity index (χ3v) is 4.78. The van der Waals surface area contributed by atoms with Crippen LogP contribution in [0.1, 0.15) is 24.3 Å². The number of hydrogen-bond donors (Lipinski definition) is 1. The van der Waals surface area contributed by atoms with Crippen molar-refractivity contribution < 1.29 is 14.6 Å². The number of rotatable bonds is 6. The zero-order valence-corrected chi connectivity index (χ0v) is 13.9. The molecule has 2 unspecified atom stereocenters. The summed E-state index contributed by atoms with van der Waals surface area (Å²) in [5.41, 5.74) is 0. The molecule has 0 aliphatic carbocycles. The second-order valence-corrected chi connectivity index (χ2v) is 6.32. The molecule has 2 aromatic rings. The summed E-state index contributed by atoms with van der Waals surface area (Å²) in [6.07, 6.45) is 1.63. The number of thiophene rings is 1. The Kier molecular flexibility index (Phi) is 5.43. The van der Waals surface area contributed by atoms with Crippen molar-refractivity contribution in [2.24, 2.45) is 0 Å². The number of aliphatic hydroxyl groups excluding tert-OH is 1. The monoisotopic (exact) mass is 335 g/mol. The van der Waals surface area contributed by atoms with Crippen LogP contribution in [-0.4, -0.2) is 47.5 Å². The van der Waals surface area contributed by atoms with Gasteiger partial charge in [-0.15, -0.1) is 11.3 Å². The minimum Gasteiger partial charge on any atom is -0.478 e. The van der Waals surface area contributed by atoms with Crippen molar-refractivity contribution in [2.75, 3.05) is 31.3 Å². The van der Waals surface area contributed by atoms with Gasteiger partial charge in [0.2, 0.25) is 5.88 Å². The SMILES string of the molecule is CCOc1cc(N2CCOCC2CC(O)c2cccs2)ncn1. The van der Waals surface area contributed by atoms with Crippen LogP contribution in [0, 0.1) is 0 Å². The number of aliphatic hydroxyl groups is 1. The predicted octanol–water partition coefficient (Wildman–Crippen LogP) is 2.27. The van der Waals surface area contributed by atoms with Crippen molar-refractivity contribution in [1.82, 2.24) is 9.97 Å². The van der Waals surface area contributed by atoms with Gasteiger partial charge in [-0.05, 0) is 18.4 Å². The van der Waals surface area contributed by atoms with Crippen LogP contribution in [0.4, 0.5) is 5.82 Å². The summed E-state index contributed by atoms with van der Waals surface area (Å²) in [5, 5.41) is 12.4. The molecule has 1 N–H and O–H groups in total. The fourth-order valence-electron chi connectivity index (χ4n) is 2.72. The van der Waals surface area contributed by atoms with Crippen LogP contribution >= 0.6 is 11.3 Å². The first-order valence-electron chi connectivity index (χ1n) is 7.78. The van der Waals surface area contributed by atoms with E-state index in [1.807, 2.05) is 30.5 Å². The summed E-state index contributed by atoms with van der Waals surface area (Å²) in [6.45, 7) is 4.47. The predicted molar refractivity (Wildman–Crippen MR) is 89.0 cm³/mol. The molecule has 1 fully saturated rings. The highest BCUT2D eigenvalue weighted by atomic mass is 32.1. The number of nitrogens with zero attached hydrogens (tertiary/aromatic N) is 3. The van der Waals surface area contributed by atoms with E-state index in [1.54, 1.807) is 11.3 Å². The topological polar surface area (TPSA) is 67.7 Å². The molecule has 3 heterocycles. The highest BCUT2D eigenvalue weighted by molar-refractivity contribution is 7.10. The fourth-order valence-corrected chi connectivity index (χ4v) is 3.44. The molecule has 2 atom stereocenters. The molecule has 1 aliphatic heterocycles. The minimum atomic E-state index is -0.489. The number of aromatic nitrogens is 2. The zero-order chi connectivity index (χ0) is 16.1. The third kappa shape index (κ3) is 3.99. The summed E-state index contributed by atoms with van der Waals surface area (Å²) in [4.78, 5) is 11.6. The Morgan fingerprint density at radius 2 is 2.43 bits per heavy atom. The Morgan fingerprint density at radius 3 is 3.22 bits per heavy atom. The van der Waals surface area contributed by atoms with Gasteiger partial charge in [0.1, 0.15) is 12.1 Å². The maximum absolute atomic E-state index is 10.4. The first kappa shape index (κ1) is 16.2. The first-order valence-corrected chi connectivity index (χ1v) is 8.66. The lowest BCUT2D eigenvalue weighted by Crippen LogP contribution is -2.46. The lowest BCUT2D eigenvalue weighted by atomic mass is 10.1. The summed E-state index contributed by atoms with van der Waals surface area (Å²) >= 11 is 1.57. The molecule has 7 heteroatoms. The highest BCUT2D eigenvalue weighted by Crippen LogP contribution is 2.28. The largest absolute Gasteiger partial charge is 0.478 e. The van der Waals surface area contributed by atoms with Crippen molar-refractivity contribution in [3.05, 3.63) is 34.8 Å². The van der Waals surface area contributed by atoms with Crippen molar-refractivity contribution in [1.29, 1.82) is 0 Å². The van der Waals surface area contributed by atoms with Gasteiger partial charge in [0.05, 0.1) is 32.0 Å². The van der Waals surface area contributed by atoms with Gasteiger partial charge in [0, 0.05) is 23.9 Å². The van der Waals surface area contributed by atoms with Gasteiger partial charge in [-0.1, -0.05) is 6.07 Å². The molecule has 0 amide bonds. The van der Waals surface area contributed by atoms with Crippen LogP contribution in [0.5, 0.6) is 5.88 Å². The van der Waals surface area contributed by atoms with Crippen molar-refractivity contribution in [3.8, 4) is 5.88 Å². The van der Waals surface area contributed by atoms with Crippen LogP contribution < -0.4 is 9.64 Å². The molecule has 0 radical (unpaired) electrons. The maximum Gasteiger partial charge on any atom is 0.218 e. The van der Waals surface area contributed by atoms with E-state index in [0.29, 0.717) is 32.1 Å². The van der Waals surface area contributed by atoms with Gasteiger partial charge in [0.15, 0.2) is 0 Å². The van der Waals surface area contributed by atoms with Gasteiger partial charge in [-0.2, -0.15) is 0 Å². The molecule has 6 nitrogen and oxygen atoms in total. The van der Waals surface area contributed by atoms with E-state index >= 15 is 0 Å². The van der Waals surface area contributed by atoms with Crippen LogP contribution in [0.2, 0.25) is 0 Å². The van der Waals surface area contributed by atoms with E-state index < -0.39 is 6.10 Å². The number of morpholine rings is 1. The lowest BCUT2D eigenvalue weighted by molar-refractivity contribution is 0.0684. The number of hydrogen-bond acceptors (Lipinski definition) is 7. The van der Waals surface area contributed by atoms with E-state index in [-0.39, 0.29) is 6.04 Å². The number of ether oxygens (including phenoxy) is 2. The molecule has 23 heavy (non-hydrogen) atoms. The average molecular weight is 335 g/mol. The Labute approximate surface area is 139 Å². The minimum absolute atomic E-state index is 0.0743. The van der Waals surface area contributed by atoms with E-state index in [9.17, 15) is 5.11 Å². The van der Waals surface area contributed by atoms with Gasteiger partial charge in [-0.3, -0.25) is 0 Å². The molecule has 1 aliphatic rings. The van der Waals surface area contributed by atoms with E-state index in [4.69, 9.17) is 9.47 Å². The highest BCUT2D eigenvalue weighted by Gasteiger charge is 2.27. The molecule has 124 valence electrons. The molecule has 2 aromatic heterocycles. The van der Waals surface area contributed by atoms with Gasteiger partial charge < -0.3 is 19.5 Å². The van der Waals surface area contributed by atoms with Gasteiger partial charge in [0.25, 0.3) is 0 Å². The van der Waals surface area contributed by atoms with Crippen LogP contribution in [0.25, 0.3) is 0 Å². The summed E-state index contributed by atoms with van der Waals surface area (Å²) in [6, 6.07) is 5.84. The van der Waals surface area contributed by atoms with E-state index in [0.717, 1.165) is 17.2 Å². The van der Waals surface area contributed by atoms with Gasteiger partial charge >= 0.3 is 0 Å². The standard InChI is InChI=1S/C16H21N3O3S/c1-2-22-16-9-15(17-11-18-16)19-5-6-21-10-12(19)8-13(20)14-4-3-7-23-14/h3-4,7,9,11-13,20H,2,5-6,8,10H2,1H3.